The molecule has 0 aliphatic rings. The molecule has 1 aromatic heterocycles. The molecule has 1 aromatic rings. The summed E-state index contributed by atoms with van der Waals surface area (Å²) in [6.45, 7) is 8.43. The average molecular weight is 268 g/mol. The molecule has 0 aromatic carbocycles. The predicted octanol–water partition coefficient (Wildman–Crippen LogP) is 1.83. The molecule has 0 unspecified atom stereocenters. The fourth-order valence-electron chi connectivity index (χ4n) is 1.53. The standard InChI is InChI=1S/C11H20N6O2/c1-7-8(17(18)19)9(15-10(14-7)16-12)13-6-5-11(2,3)4/h5-6,12H2,1-4H3,(H2,13,14,15,16). The minimum Gasteiger partial charge on any atom is -0.364 e. The number of hydrogen-bond acceptors (Lipinski definition) is 7. The van der Waals surface area contributed by atoms with Gasteiger partial charge in [-0.25, -0.2) is 10.8 Å². The average Bonchev–Trinajstić information content (AvgIpc) is 2.25. The first-order valence-electron chi connectivity index (χ1n) is 5.98. The highest BCUT2D eigenvalue weighted by atomic mass is 16.6. The summed E-state index contributed by atoms with van der Waals surface area (Å²) in [7, 11) is 0. The van der Waals surface area contributed by atoms with Crippen molar-refractivity contribution in [1.82, 2.24) is 9.97 Å². The van der Waals surface area contributed by atoms with E-state index >= 15 is 0 Å². The van der Waals surface area contributed by atoms with E-state index in [2.05, 4.69) is 41.5 Å². The third-order valence-electron chi connectivity index (χ3n) is 2.54. The quantitative estimate of drug-likeness (QED) is 0.423. The van der Waals surface area contributed by atoms with Gasteiger partial charge in [-0.05, 0) is 18.8 Å². The van der Waals surface area contributed by atoms with Gasteiger partial charge in [-0.1, -0.05) is 20.8 Å². The number of nitro groups is 1. The van der Waals surface area contributed by atoms with Crippen molar-refractivity contribution in [1.29, 1.82) is 0 Å². The number of nitrogen functional groups attached to an aromatic ring is 1. The van der Waals surface area contributed by atoms with Gasteiger partial charge in [0.1, 0.15) is 5.69 Å². The van der Waals surface area contributed by atoms with Crippen LogP contribution in [-0.2, 0) is 0 Å². The minimum absolute atomic E-state index is 0.118. The molecule has 8 heteroatoms. The highest BCUT2D eigenvalue weighted by molar-refractivity contribution is 5.60. The number of hydrazine groups is 1. The molecule has 0 radical (unpaired) electrons. The molecule has 1 rings (SSSR count). The first kappa shape index (κ1) is 15.1. The molecule has 4 N–H and O–H groups in total. The summed E-state index contributed by atoms with van der Waals surface area (Å²) in [4.78, 5) is 18.4. The van der Waals surface area contributed by atoms with Crippen LogP contribution in [0.1, 0.15) is 32.9 Å². The molecule has 19 heavy (non-hydrogen) atoms. The van der Waals surface area contributed by atoms with Crippen molar-refractivity contribution in [2.24, 2.45) is 11.3 Å². The molecule has 0 bridgehead atoms. The molecule has 0 amide bonds. The van der Waals surface area contributed by atoms with Crippen LogP contribution in [0.3, 0.4) is 0 Å². The molecule has 0 spiro atoms. The highest BCUT2D eigenvalue weighted by Gasteiger charge is 2.22. The van der Waals surface area contributed by atoms with Crippen molar-refractivity contribution in [3.63, 3.8) is 0 Å². The van der Waals surface area contributed by atoms with E-state index in [1.54, 1.807) is 6.92 Å². The van der Waals surface area contributed by atoms with Gasteiger partial charge in [-0.15, -0.1) is 0 Å². The smallest absolute Gasteiger partial charge is 0.332 e. The van der Waals surface area contributed by atoms with Crippen LogP contribution < -0.4 is 16.6 Å². The van der Waals surface area contributed by atoms with Crippen molar-refractivity contribution in [3.05, 3.63) is 15.8 Å². The Kier molecular flexibility index (Phi) is 4.60. The van der Waals surface area contributed by atoms with Crippen molar-refractivity contribution in [2.75, 3.05) is 17.3 Å². The SMILES string of the molecule is Cc1nc(NN)nc(NCCC(C)(C)C)c1[N+](=O)[O-]. The Balaban J connectivity index is 2.96. The van der Waals surface area contributed by atoms with Gasteiger partial charge in [-0.3, -0.25) is 15.5 Å². The van der Waals surface area contributed by atoms with Crippen LogP contribution >= 0.6 is 0 Å². The van der Waals surface area contributed by atoms with Gasteiger partial charge in [0.05, 0.1) is 4.92 Å². The molecule has 0 saturated carbocycles. The van der Waals surface area contributed by atoms with Crippen LogP contribution in [0.4, 0.5) is 17.5 Å². The van der Waals surface area contributed by atoms with Crippen LogP contribution in [0.5, 0.6) is 0 Å². The van der Waals surface area contributed by atoms with E-state index in [0.717, 1.165) is 6.42 Å². The molecule has 0 saturated heterocycles. The second kappa shape index (κ2) is 5.79. The fourth-order valence-corrected chi connectivity index (χ4v) is 1.53. The zero-order valence-electron chi connectivity index (χ0n) is 11.6. The monoisotopic (exact) mass is 268 g/mol. The van der Waals surface area contributed by atoms with Crippen LogP contribution in [0, 0.1) is 22.5 Å². The summed E-state index contributed by atoms with van der Waals surface area (Å²) in [6, 6.07) is 0. The Morgan fingerprint density at radius 2 is 2.00 bits per heavy atom. The largest absolute Gasteiger partial charge is 0.364 e. The summed E-state index contributed by atoms with van der Waals surface area (Å²) in [5.74, 6) is 5.58. The maximum atomic E-state index is 11.0. The topological polar surface area (TPSA) is 119 Å². The van der Waals surface area contributed by atoms with Crippen molar-refractivity contribution >= 4 is 17.5 Å². The number of anilines is 2. The van der Waals surface area contributed by atoms with Gasteiger partial charge >= 0.3 is 5.69 Å². The van der Waals surface area contributed by atoms with Crippen LogP contribution in [-0.4, -0.2) is 21.4 Å². The Bertz CT molecular complexity index is 469. The second-order valence-corrected chi connectivity index (χ2v) is 5.47. The highest BCUT2D eigenvalue weighted by Crippen LogP contribution is 2.27. The third kappa shape index (κ3) is 4.32. The normalized spacial score (nSPS) is 11.2. The van der Waals surface area contributed by atoms with E-state index in [4.69, 9.17) is 5.84 Å². The maximum absolute atomic E-state index is 11.0. The summed E-state index contributed by atoms with van der Waals surface area (Å²) < 4.78 is 0. The van der Waals surface area contributed by atoms with Crippen LogP contribution in [0.15, 0.2) is 0 Å². The minimum atomic E-state index is -0.491. The molecule has 0 atom stereocenters. The summed E-state index contributed by atoms with van der Waals surface area (Å²) in [6.07, 6.45) is 0.860. The van der Waals surface area contributed by atoms with Crippen molar-refractivity contribution in [2.45, 2.75) is 34.1 Å². The Hall–Kier alpha value is -1.96. The lowest BCUT2D eigenvalue weighted by molar-refractivity contribution is -0.385. The Labute approximate surface area is 111 Å². The number of nitrogens with zero attached hydrogens (tertiary/aromatic N) is 3. The Morgan fingerprint density at radius 3 is 2.47 bits per heavy atom. The van der Waals surface area contributed by atoms with E-state index in [1.807, 2.05) is 0 Å². The molecule has 8 nitrogen and oxygen atoms in total. The van der Waals surface area contributed by atoms with E-state index in [9.17, 15) is 10.1 Å². The van der Waals surface area contributed by atoms with Crippen LogP contribution in [0.25, 0.3) is 0 Å². The molecular weight excluding hydrogens is 248 g/mol. The van der Waals surface area contributed by atoms with Gasteiger partial charge in [0.2, 0.25) is 11.8 Å². The number of rotatable bonds is 5. The molecule has 0 fully saturated rings. The predicted molar refractivity (Wildman–Crippen MR) is 73.8 cm³/mol. The number of aromatic nitrogens is 2. The van der Waals surface area contributed by atoms with E-state index < -0.39 is 4.92 Å². The van der Waals surface area contributed by atoms with E-state index in [0.29, 0.717) is 6.54 Å². The number of hydrogen-bond donors (Lipinski definition) is 3. The molecule has 0 aliphatic heterocycles. The molecule has 0 aliphatic carbocycles. The molecule has 1 heterocycles. The van der Waals surface area contributed by atoms with Crippen LogP contribution in [0.2, 0.25) is 0 Å². The number of nitrogens with two attached hydrogens (primary N) is 1. The first-order valence-corrected chi connectivity index (χ1v) is 5.98. The lowest BCUT2D eigenvalue weighted by atomic mass is 9.92. The first-order chi connectivity index (χ1) is 8.74. The number of nitrogens with one attached hydrogen (secondary N) is 2. The van der Waals surface area contributed by atoms with Gasteiger partial charge in [-0.2, -0.15) is 4.98 Å². The zero-order valence-corrected chi connectivity index (χ0v) is 11.6. The van der Waals surface area contributed by atoms with Crippen molar-refractivity contribution in [3.8, 4) is 0 Å². The number of aryl methyl sites for hydroxylation is 1. The van der Waals surface area contributed by atoms with Gasteiger partial charge in [0.15, 0.2) is 0 Å². The second-order valence-electron chi connectivity index (χ2n) is 5.47. The van der Waals surface area contributed by atoms with Gasteiger partial charge < -0.3 is 5.32 Å². The maximum Gasteiger partial charge on any atom is 0.332 e. The summed E-state index contributed by atoms with van der Waals surface area (Å²) in [5.41, 5.74) is 2.59. The summed E-state index contributed by atoms with van der Waals surface area (Å²) in [5, 5.41) is 14.0. The van der Waals surface area contributed by atoms with E-state index in [1.165, 1.54) is 0 Å². The molecule has 106 valence electrons. The lowest BCUT2D eigenvalue weighted by Crippen LogP contribution is -2.17. The lowest BCUT2D eigenvalue weighted by Gasteiger charge is -2.18. The summed E-state index contributed by atoms with van der Waals surface area (Å²) >= 11 is 0. The van der Waals surface area contributed by atoms with Crippen molar-refractivity contribution < 1.29 is 4.92 Å². The molecular formula is C11H20N6O2. The van der Waals surface area contributed by atoms with Gasteiger partial charge in [0.25, 0.3) is 0 Å². The Morgan fingerprint density at radius 1 is 1.37 bits per heavy atom. The third-order valence-corrected chi connectivity index (χ3v) is 2.54. The zero-order chi connectivity index (χ0) is 14.6. The fraction of sp³-hybridized carbons (Fsp3) is 0.636. The van der Waals surface area contributed by atoms with Gasteiger partial charge in [0, 0.05) is 6.54 Å². The van der Waals surface area contributed by atoms with E-state index in [-0.39, 0.29) is 28.6 Å².